The summed E-state index contributed by atoms with van der Waals surface area (Å²) in [6.45, 7) is 5.56. The summed E-state index contributed by atoms with van der Waals surface area (Å²) in [6.07, 6.45) is 4.28. The first-order chi connectivity index (χ1) is 9.11. The van der Waals surface area contributed by atoms with E-state index in [1.54, 1.807) is 6.20 Å². The summed E-state index contributed by atoms with van der Waals surface area (Å²) in [5.74, 6) is 0.0197. The molecule has 0 radical (unpaired) electrons. The molecule has 1 aromatic heterocycles. The fraction of sp³-hybridized carbons (Fsp3) is 0.571. The predicted molar refractivity (Wildman–Crippen MR) is 78.8 cm³/mol. The van der Waals surface area contributed by atoms with Gasteiger partial charge in [-0.05, 0) is 38.1 Å². The maximum atomic E-state index is 7.45. The summed E-state index contributed by atoms with van der Waals surface area (Å²) in [5.41, 5.74) is 7.10. The molecule has 1 saturated heterocycles. The molecule has 0 bridgehead atoms. The molecule has 1 fully saturated rings. The van der Waals surface area contributed by atoms with Crippen LogP contribution in [0.1, 0.15) is 25.5 Å². The fourth-order valence-electron chi connectivity index (χ4n) is 2.74. The van der Waals surface area contributed by atoms with Crippen molar-refractivity contribution in [3.8, 4) is 0 Å². The van der Waals surface area contributed by atoms with Crippen molar-refractivity contribution in [2.24, 2.45) is 5.73 Å². The number of hydrogen-bond acceptors (Lipinski definition) is 4. The van der Waals surface area contributed by atoms with Crippen molar-refractivity contribution in [1.29, 1.82) is 5.41 Å². The summed E-state index contributed by atoms with van der Waals surface area (Å²) >= 11 is 0. The molecule has 1 aromatic rings. The maximum absolute atomic E-state index is 7.45. The number of anilines is 1. The predicted octanol–water partition coefficient (Wildman–Crippen LogP) is 1.29. The first kappa shape index (κ1) is 13.8. The van der Waals surface area contributed by atoms with Crippen LogP contribution in [0.2, 0.25) is 0 Å². The average Bonchev–Trinajstić information content (AvgIpc) is 2.86. The highest BCUT2D eigenvalue weighted by molar-refractivity contribution is 5.93. The maximum Gasteiger partial charge on any atom is 0.141 e. The summed E-state index contributed by atoms with van der Waals surface area (Å²) in [6, 6.07) is 4.48. The Morgan fingerprint density at radius 3 is 3.11 bits per heavy atom. The lowest BCUT2D eigenvalue weighted by molar-refractivity contribution is 0.270. The van der Waals surface area contributed by atoms with Crippen molar-refractivity contribution in [2.75, 3.05) is 31.6 Å². The molecule has 0 aliphatic carbocycles. The first-order valence-electron chi connectivity index (χ1n) is 6.87. The summed E-state index contributed by atoms with van der Waals surface area (Å²) < 4.78 is 0. The van der Waals surface area contributed by atoms with E-state index in [-0.39, 0.29) is 5.84 Å². The van der Waals surface area contributed by atoms with Gasteiger partial charge in [0.05, 0.1) is 0 Å². The monoisotopic (exact) mass is 261 g/mol. The van der Waals surface area contributed by atoms with Gasteiger partial charge in [-0.15, -0.1) is 0 Å². The van der Waals surface area contributed by atoms with E-state index in [1.165, 1.54) is 19.4 Å². The Kier molecular flexibility index (Phi) is 4.37. The average molecular weight is 261 g/mol. The Labute approximate surface area is 114 Å². The van der Waals surface area contributed by atoms with Crippen molar-refractivity contribution < 1.29 is 0 Å². The van der Waals surface area contributed by atoms with Crippen LogP contribution in [0.25, 0.3) is 0 Å². The number of likely N-dealkylation sites (tertiary alicyclic amines) is 1. The molecule has 1 unspecified atom stereocenters. The molecule has 0 saturated carbocycles. The number of amidine groups is 1. The molecular formula is C14H23N5. The highest BCUT2D eigenvalue weighted by Crippen LogP contribution is 2.20. The van der Waals surface area contributed by atoms with Crippen molar-refractivity contribution in [2.45, 2.75) is 25.8 Å². The molecule has 1 atom stereocenters. The number of likely N-dealkylation sites (N-methyl/N-ethyl adjacent to an activating group) is 2. The Bertz CT molecular complexity index is 445. The molecule has 0 aromatic carbocycles. The lowest BCUT2D eigenvalue weighted by Crippen LogP contribution is -2.38. The third-order valence-corrected chi connectivity index (χ3v) is 3.85. The summed E-state index contributed by atoms with van der Waals surface area (Å²) in [4.78, 5) is 8.86. The molecular weight excluding hydrogens is 238 g/mol. The topological polar surface area (TPSA) is 69.2 Å². The number of nitrogen functional groups attached to an aromatic ring is 1. The smallest absolute Gasteiger partial charge is 0.141 e. The highest BCUT2D eigenvalue weighted by Gasteiger charge is 2.24. The fourth-order valence-corrected chi connectivity index (χ4v) is 2.74. The van der Waals surface area contributed by atoms with Gasteiger partial charge in [-0.3, -0.25) is 15.3 Å². The SMILES string of the molecule is CCN1CCCC1CN(C)c1ccnc(C(=N)N)c1. The van der Waals surface area contributed by atoms with Crippen LogP contribution in [0.15, 0.2) is 18.3 Å². The van der Waals surface area contributed by atoms with E-state index in [1.807, 2.05) is 12.1 Å². The number of rotatable bonds is 5. The van der Waals surface area contributed by atoms with E-state index < -0.39 is 0 Å². The van der Waals surface area contributed by atoms with E-state index in [9.17, 15) is 0 Å². The molecule has 5 heteroatoms. The van der Waals surface area contributed by atoms with E-state index in [2.05, 4.69) is 28.8 Å². The van der Waals surface area contributed by atoms with Crippen LogP contribution < -0.4 is 10.6 Å². The Hall–Kier alpha value is -1.62. The minimum Gasteiger partial charge on any atom is -0.382 e. The molecule has 3 N–H and O–H groups in total. The van der Waals surface area contributed by atoms with Gasteiger partial charge in [0.25, 0.3) is 0 Å². The second-order valence-corrected chi connectivity index (χ2v) is 5.12. The van der Waals surface area contributed by atoms with Crippen LogP contribution in [-0.4, -0.2) is 48.4 Å². The molecule has 2 heterocycles. The van der Waals surface area contributed by atoms with Gasteiger partial charge in [0.1, 0.15) is 11.5 Å². The van der Waals surface area contributed by atoms with Crippen LogP contribution >= 0.6 is 0 Å². The van der Waals surface area contributed by atoms with E-state index in [4.69, 9.17) is 11.1 Å². The molecule has 1 aliphatic heterocycles. The van der Waals surface area contributed by atoms with Crippen molar-refractivity contribution in [3.63, 3.8) is 0 Å². The van der Waals surface area contributed by atoms with Crippen molar-refractivity contribution >= 4 is 11.5 Å². The Morgan fingerprint density at radius 1 is 1.63 bits per heavy atom. The zero-order valence-electron chi connectivity index (χ0n) is 11.8. The van der Waals surface area contributed by atoms with Gasteiger partial charge in [-0.25, -0.2) is 0 Å². The highest BCUT2D eigenvalue weighted by atomic mass is 15.2. The van der Waals surface area contributed by atoms with Crippen molar-refractivity contribution in [1.82, 2.24) is 9.88 Å². The van der Waals surface area contributed by atoms with Crippen LogP contribution in [-0.2, 0) is 0 Å². The van der Waals surface area contributed by atoms with E-state index >= 15 is 0 Å². The first-order valence-corrected chi connectivity index (χ1v) is 6.87. The number of nitrogens with one attached hydrogen (secondary N) is 1. The van der Waals surface area contributed by atoms with Gasteiger partial charge in [0.2, 0.25) is 0 Å². The van der Waals surface area contributed by atoms with E-state index in [0.29, 0.717) is 11.7 Å². The zero-order valence-corrected chi connectivity index (χ0v) is 11.8. The second kappa shape index (κ2) is 6.02. The third kappa shape index (κ3) is 3.23. The normalized spacial score (nSPS) is 19.6. The van der Waals surface area contributed by atoms with Gasteiger partial charge >= 0.3 is 0 Å². The van der Waals surface area contributed by atoms with Crippen LogP contribution in [0.5, 0.6) is 0 Å². The Morgan fingerprint density at radius 2 is 2.42 bits per heavy atom. The molecule has 2 rings (SSSR count). The van der Waals surface area contributed by atoms with Gasteiger partial charge in [0.15, 0.2) is 0 Å². The number of hydrogen-bond donors (Lipinski definition) is 2. The van der Waals surface area contributed by atoms with Gasteiger partial charge in [-0.2, -0.15) is 0 Å². The quantitative estimate of drug-likeness (QED) is 0.619. The second-order valence-electron chi connectivity index (χ2n) is 5.12. The molecule has 0 spiro atoms. The molecule has 19 heavy (non-hydrogen) atoms. The Balaban J connectivity index is 2.05. The van der Waals surface area contributed by atoms with Crippen molar-refractivity contribution in [3.05, 3.63) is 24.0 Å². The standard InChI is InChI=1S/C14H23N5/c1-3-19-8-4-5-12(19)10-18(2)11-6-7-17-13(9-11)14(15)16/h6-7,9,12H,3-5,8,10H2,1-2H3,(H3,15,16). The molecule has 5 nitrogen and oxygen atoms in total. The van der Waals surface area contributed by atoms with Gasteiger partial charge in [0, 0.05) is 31.5 Å². The number of nitrogens with two attached hydrogens (primary N) is 1. The van der Waals surface area contributed by atoms with Crippen LogP contribution in [0.3, 0.4) is 0 Å². The van der Waals surface area contributed by atoms with Gasteiger partial charge in [-0.1, -0.05) is 6.92 Å². The third-order valence-electron chi connectivity index (χ3n) is 3.85. The number of nitrogens with zero attached hydrogens (tertiary/aromatic N) is 3. The van der Waals surface area contributed by atoms with E-state index in [0.717, 1.165) is 18.8 Å². The summed E-state index contributed by atoms with van der Waals surface area (Å²) in [5, 5.41) is 7.45. The number of pyridine rings is 1. The largest absolute Gasteiger partial charge is 0.382 e. The number of aromatic nitrogens is 1. The zero-order chi connectivity index (χ0) is 13.8. The van der Waals surface area contributed by atoms with Crippen LogP contribution in [0.4, 0.5) is 5.69 Å². The minimum absolute atomic E-state index is 0.0197. The lowest BCUT2D eigenvalue weighted by Gasteiger charge is -2.29. The molecule has 0 amide bonds. The van der Waals surface area contributed by atoms with Crippen LogP contribution in [0, 0.1) is 5.41 Å². The summed E-state index contributed by atoms with van der Waals surface area (Å²) in [7, 11) is 2.09. The van der Waals surface area contributed by atoms with Gasteiger partial charge < -0.3 is 10.6 Å². The molecule has 104 valence electrons. The minimum atomic E-state index is 0.0197. The lowest BCUT2D eigenvalue weighted by atomic mass is 10.2. The molecule has 1 aliphatic rings.